The number of carbonyl (C=O) groups excluding carboxylic acids is 2. The molecule has 1 atom stereocenters. The van der Waals surface area contributed by atoms with Crippen molar-refractivity contribution in [2.75, 3.05) is 25.1 Å². The average molecular weight is 417 g/mol. The molecule has 0 bridgehead atoms. The van der Waals surface area contributed by atoms with Crippen LogP contribution in [-0.4, -0.2) is 52.7 Å². The van der Waals surface area contributed by atoms with Crippen LogP contribution in [0, 0.1) is 0 Å². The van der Waals surface area contributed by atoms with Crippen molar-refractivity contribution >= 4 is 34.7 Å². The van der Waals surface area contributed by atoms with Gasteiger partial charge in [-0.2, -0.15) is 0 Å². The van der Waals surface area contributed by atoms with Crippen LogP contribution in [0.3, 0.4) is 0 Å². The number of nitrogens with zero attached hydrogens (tertiary/aromatic N) is 2. The topological polar surface area (TPSA) is 109 Å². The van der Waals surface area contributed by atoms with Gasteiger partial charge in [-0.05, 0) is 36.2 Å². The van der Waals surface area contributed by atoms with Gasteiger partial charge in [0.05, 0.1) is 11.8 Å². The quantitative estimate of drug-likeness (QED) is 0.708. The molecule has 1 saturated heterocycles. The van der Waals surface area contributed by atoms with E-state index in [1.807, 2.05) is 54.4 Å². The van der Waals surface area contributed by atoms with E-state index in [4.69, 9.17) is 14.6 Å². The predicted octanol–water partition coefficient (Wildman–Crippen LogP) is 2.58. The molecule has 2 heterocycles. The van der Waals surface area contributed by atoms with Crippen molar-refractivity contribution in [2.45, 2.75) is 18.6 Å². The standard InChI is InChI=1S/C18H19N3O3S.C2H4O2/c1-21(16-4-2-3-9-19-16)10-11-24-14-7-5-13(6-8-14)12-15-17(22)20-18(23)25-15;1-2(3)4/h2-9,15H,10-12H2,1H3,(H,20,22,23);1H3,(H,3,4). The number of imide groups is 1. The summed E-state index contributed by atoms with van der Waals surface area (Å²) in [5.74, 6) is 0.633. The molecule has 3 rings (SSSR count). The number of ether oxygens (including phenoxy) is 1. The largest absolute Gasteiger partial charge is 0.492 e. The van der Waals surface area contributed by atoms with E-state index in [-0.39, 0.29) is 16.4 Å². The summed E-state index contributed by atoms with van der Waals surface area (Å²) >= 11 is 1.05. The molecule has 8 nitrogen and oxygen atoms in total. The smallest absolute Gasteiger partial charge is 0.300 e. The Balaban J connectivity index is 0.000000687. The van der Waals surface area contributed by atoms with Gasteiger partial charge in [-0.25, -0.2) is 4.98 Å². The molecule has 1 aliphatic rings. The van der Waals surface area contributed by atoms with Crippen LogP contribution in [0.5, 0.6) is 5.75 Å². The summed E-state index contributed by atoms with van der Waals surface area (Å²) < 4.78 is 5.75. The summed E-state index contributed by atoms with van der Waals surface area (Å²) in [6, 6.07) is 13.4. The van der Waals surface area contributed by atoms with Crippen molar-refractivity contribution in [1.82, 2.24) is 10.3 Å². The van der Waals surface area contributed by atoms with Crippen LogP contribution in [-0.2, 0) is 16.0 Å². The number of carboxylic acids is 1. The van der Waals surface area contributed by atoms with E-state index in [1.54, 1.807) is 6.20 Å². The number of hydrogen-bond donors (Lipinski definition) is 2. The molecular formula is C20H23N3O5S. The second-order valence-corrected chi connectivity index (χ2v) is 7.38. The van der Waals surface area contributed by atoms with Crippen LogP contribution in [0.4, 0.5) is 10.6 Å². The summed E-state index contributed by atoms with van der Waals surface area (Å²) in [5, 5.41) is 9.11. The molecule has 2 N–H and O–H groups in total. The zero-order valence-electron chi connectivity index (χ0n) is 16.2. The monoisotopic (exact) mass is 417 g/mol. The number of likely N-dealkylation sites (N-methyl/N-ethyl adjacent to an activating group) is 1. The van der Waals surface area contributed by atoms with Gasteiger partial charge in [0.25, 0.3) is 11.2 Å². The Labute approximate surface area is 173 Å². The first-order valence-electron chi connectivity index (χ1n) is 8.90. The lowest BCUT2D eigenvalue weighted by Gasteiger charge is -2.18. The molecule has 154 valence electrons. The Bertz CT molecular complexity index is 826. The average Bonchev–Trinajstić information content (AvgIpc) is 3.00. The minimum atomic E-state index is -0.833. The molecule has 29 heavy (non-hydrogen) atoms. The maximum absolute atomic E-state index is 11.6. The fourth-order valence-corrected chi connectivity index (χ4v) is 3.32. The van der Waals surface area contributed by atoms with Crippen molar-refractivity contribution in [3.63, 3.8) is 0 Å². The highest BCUT2D eigenvalue weighted by atomic mass is 32.2. The summed E-state index contributed by atoms with van der Waals surface area (Å²) in [4.78, 5) is 38.1. The van der Waals surface area contributed by atoms with Crippen molar-refractivity contribution in [1.29, 1.82) is 0 Å². The van der Waals surface area contributed by atoms with E-state index in [0.29, 0.717) is 13.0 Å². The number of pyridine rings is 1. The maximum Gasteiger partial charge on any atom is 0.300 e. The maximum atomic E-state index is 11.6. The van der Waals surface area contributed by atoms with Crippen LogP contribution in [0.25, 0.3) is 0 Å². The van der Waals surface area contributed by atoms with E-state index < -0.39 is 5.97 Å². The minimum Gasteiger partial charge on any atom is -0.492 e. The van der Waals surface area contributed by atoms with E-state index in [9.17, 15) is 9.59 Å². The van der Waals surface area contributed by atoms with Crippen molar-refractivity contribution in [2.24, 2.45) is 0 Å². The van der Waals surface area contributed by atoms with E-state index in [1.165, 1.54) is 0 Å². The number of benzene rings is 1. The number of carbonyl (C=O) groups is 3. The van der Waals surface area contributed by atoms with Gasteiger partial charge in [0.2, 0.25) is 5.91 Å². The number of carboxylic acid groups (broad SMARTS) is 1. The van der Waals surface area contributed by atoms with E-state index in [0.717, 1.165) is 42.4 Å². The Morgan fingerprint density at radius 2 is 1.93 bits per heavy atom. The first-order chi connectivity index (χ1) is 13.8. The Morgan fingerprint density at radius 3 is 2.48 bits per heavy atom. The Morgan fingerprint density at radius 1 is 1.24 bits per heavy atom. The van der Waals surface area contributed by atoms with Crippen LogP contribution in [0.1, 0.15) is 12.5 Å². The molecule has 0 spiro atoms. The fraction of sp³-hybridized carbons (Fsp3) is 0.300. The Kier molecular flexibility index (Phi) is 8.47. The van der Waals surface area contributed by atoms with Gasteiger partial charge in [0.1, 0.15) is 18.2 Å². The molecule has 2 amide bonds. The molecule has 9 heteroatoms. The number of aromatic nitrogens is 1. The van der Waals surface area contributed by atoms with Gasteiger partial charge < -0.3 is 14.7 Å². The zero-order valence-corrected chi connectivity index (χ0v) is 17.0. The summed E-state index contributed by atoms with van der Waals surface area (Å²) in [6.45, 7) is 2.35. The fourth-order valence-electron chi connectivity index (χ4n) is 2.46. The van der Waals surface area contributed by atoms with Gasteiger partial charge in [-0.1, -0.05) is 30.0 Å². The van der Waals surface area contributed by atoms with Crippen molar-refractivity contribution in [3.8, 4) is 5.75 Å². The second kappa shape index (κ2) is 11.1. The lowest BCUT2D eigenvalue weighted by Crippen LogP contribution is -2.25. The van der Waals surface area contributed by atoms with E-state index in [2.05, 4.69) is 10.3 Å². The molecule has 0 saturated carbocycles. The zero-order chi connectivity index (χ0) is 21.2. The minimum absolute atomic E-state index is 0.215. The van der Waals surface area contributed by atoms with Gasteiger partial charge >= 0.3 is 0 Å². The lowest BCUT2D eigenvalue weighted by atomic mass is 10.1. The molecule has 1 aliphatic heterocycles. The molecule has 1 aromatic carbocycles. The van der Waals surface area contributed by atoms with Crippen LogP contribution >= 0.6 is 11.8 Å². The molecule has 2 aromatic rings. The summed E-state index contributed by atoms with van der Waals surface area (Å²) in [5.41, 5.74) is 1.00. The first-order valence-corrected chi connectivity index (χ1v) is 9.78. The normalized spacial score (nSPS) is 15.2. The van der Waals surface area contributed by atoms with Gasteiger partial charge in [0, 0.05) is 20.2 Å². The molecular weight excluding hydrogens is 394 g/mol. The third kappa shape index (κ3) is 7.82. The third-order valence-electron chi connectivity index (χ3n) is 3.85. The molecule has 1 aromatic heterocycles. The van der Waals surface area contributed by atoms with Gasteiger partial charge in [-0.3, -0.25) is 19.7 Å². The molecule has 0 radical (unpaired) electrons. The highest BCUT2D eigenvalue weighted by Crippen LogP contribution is 2.23. The number of anilines is 1. The van der Waals surface area contributed by atoms with E-state index >= 15 is 0 Å². The highest BCUT2D eigenvalue weighted by molar-refractivity contribution is 8.15. The van der Waals surface area contributed by atoms with Crippen LogP contribution in [0.2, 0.25) is 0 Å². The number of aliphatic carboxylic acids is 1. The van der Waals surface area contributed by atoms with Crippen molar-refractivity contribution < 1.29 is 24.2 Å². The molecule has 1 unspecified atom stereocenters. The predicted molar refractivity (Wildman–Crippen MR) is 111 cm³/mol. The van der Waals surface area contributed by atoms with Crippen LogP contribution in [0.15, 0.2) is 48.7 Å². The number of hydrogen-bond acceptors (Lipinski definition) is 7. The number of thioether (sulfide) groups is 1. The second-order valence-electron chi connectivity index (χ2n) is 6.21. The summed E-state index contributed by atoms with van der Waals surface area (Å²) in [6.07, 6.45) is 2.30. The van der Waals surface area contributed by atoms with Crippen LogP contribution < -0.4 is 15.0 Å². The SMILES string of the molecule is CC(=O)O.CN(CCOc1ccc(CC2SC(=O)NC2=O)cc1)c1ccccn1. The van der Waals surface area contributed by atoms with Crippen molar-refractivity contribution in [3.05, 3.63) is 54.2 Å². The third-order valence-corrected chi connectivity index (χ3v) is 4.83. The van der Waals surface area contributed by atoms with Gasteiger partial charge in [-0.15, -0.1) is 0 Å². The molecule has 0 aliphatic carbocycles. The van der Waals surface area contributed by atoms with Gasteiger partial charge in [0.15, 0.2) is 0 Å². The number of amides is 2. The Hall–Kier alpha value is -3.07. The molecule has 1 fully saturated rings. The highest BCUT2D eigenvalue weighted by Gasteiger charge is 2.31. The first kappa shape index (κ1) is 22.2. The summed E-state index contributed by atoms with van der Waals surface area (Å²) in [7, 11) is 1.97. The lowest BCUT2D eigenvalue weighted by molar-refractivity contribution is -0.134. The number of nitrogens with one attached hydrogen (secondary N) is 1. The number of rotatable bonds is 7.